The van der Waals surface area contributed by atoms with Crippen LogP contribution in [0.2, 0.25) is 0 Å². The molecule has 5 rings (SSSR count). The van der Waals surface area contributed by atoms with Gasteiger partial charge in [-0.05, 0) is 62.9 Å². The molecule has 2 aromatic carbocycles. The summed E-state index contributed by atoms with van der Waals surface area (Å²) < 4.78 is 2.58. The zero-order valence-corrected chi connectivity index (χ0v) is 16.9. The lowest BCUT2D eigenvalue weighted by molar-refractivity contribution is 0.274. The molecule has 3 atom stereocenters. The molecule has 0 aliphatic carbocycles. The first-order valence-electron chi connectivity index (χ1n) is 10.7. The Labute approximate surface area is 167 Å². The van der Waals surface area contributed by atoms with Crippen LogP contribution in [0.3, 0.4) is 0 Å². The largest absolute Gasteiger partial charge is 0.382 e. The molecule has 4 heteroatoms. The van der Waals surface area contributed by atoms with Crippen LogP contribution in [0.15, 0.2) is 42.5 Å². The number of piperidine rings is 1. The van der Waals surface area contributed by atoms with E-state index in [4.69, 9.17) is 4.98 Å². The van der Waals surface area contributed by atoms with Crippen LogP contribution in [0.1, 0.15) is 49.7 Å². The molecule has 2 aliphatic rings. The van der Waals surface area contributed by atoms with Gasteiger partial charge in [0.15, 0.2) is 0 Å². The first-order chi connectivity index (χ1) is 13.7. The number of benzene rings is 2. The third kappa shape index (κ3) is 3.10. The molecule has 1 fully saturated rings. The second kappa shape index (κ2) is 7.25. The Morgan fingerprint density at radius 1 is 1.07 bits per heavy atom. The van der Waals surface area contributed by atoms with E-state index < -0.39 is 0 Å². The minimum Gasteiger partial charge on any atom is -0.382 e. The Balaban J connectivity index is 1.66. The number of hydrogen-bond acceptors (Lipinski definition) is 3. The molecule has 0 bridgehead atoms. The monoisotopic (exact) mass is 374 g/mol. The van der Waals surface area contributed by atoms with E-state index in [1.807, 2.05) is 0 Å². The molecule has 0 saturated carbocycles. The number of rotatable bonds is 3. The molecule has 0 spiro atoms. The smallest absolute Gasteiger partial charge is 0.114 e. The number of fused-ring (bicyclic) bond motifs is 3. The maximum absolute atomic E-state index is 5.26. The number of aromatic nitrogens is 2. The number of nitrogens with one attached hydrogen (secondary N) is 2. The van der Waals surface area contributed by atoms with E-state index in [9.17, 15) is 0 Å². The summed E-state index contributed by atoms with van der Waals surface area (Å²) >= 11 is 0. The summed E-state index contributed by atoms with van der Waals surface area (Å²) in [6.07, 6.45) is 4.35. The lowest BCUT2D eigenvalue weighted by Gasteiger charge is -2.32. The van der Waals surface area contributed by atoms with Gasteiger partial charge in [-0.3, -0.25) is 0 Å². The van der Waals surface area contributed by atoms with Crippen LogP contribution in [0.25, 0.3) is 11.0 Å². The summed E-state index contributed by atoms with van der Waals surface area (Å²) in [5.41, 5.74) is 6.56. The Kier molecular flexibility index (Phi) is 4.59. The van der Waals surface area contributed by atoms with Crippen molar-refractivity contribution in [3.05, 3.63) is 59.4 Å². The van der Waals surface area contributed by atoms with Gasteiger partial charge in [-0.2, -0.15) is 0 Å². The van der Waals surface area contributed by atoms with E-state index in [0.29, 0.717) is 18.0 Å². The van der Waals surface area contributed by atoms with Crippen LogP contribution >= 0.6 is 0 Å². The van der Waals surface area contributed by atoms with Gasteiger partial charge in [0, 0.05) is 29.8 Å². The van der Waals surface area contributed by atoms with Crippen molar-refractivity contribution in [2.45, 2.75) is 51.6 Å². The zero-order valence-electron chi connectivity index (χ0n) is 16.9. The van der Waals surface area contributed by atoms with Gasteiger partial charge < -0.3 is 15.2 Å². The van der Waals surface area contributed by atoms with Gasteiger partial charge in [0.1, 0.15) is 5.82 Å². The first kappa shape index (κ1) is 17.7. The number of hydrogen-bond donors (Lipinski definition) is 2. The summed E-state index contributed by atoms with van der Waals surface area (Å²) in [5, 5.41) is 7.21. The van der Waals surface area contributed by atoms with Crippen LogP contribution in [-0.4, -0.2) is 28.7 Å². The summed E-state index contributed by atoms with van der Waals surface area (Å²) in [6, 6.07) is 16.4. The average molecular weight is 375 g/mol. The molecule has 0 amide bonds. The van der Waals surface area contributed by atoms with Crippen LogP contribution < -0.4 is 10.6 Å². The molecular formula is C24H30N4. The van der Waals surface area contributed by atoms with Gasteiger partial charge in [-0.25, -0.2) is 4.98 Å². The third-order valence-electron chi connectivity index (χ3n) is 6.55. The van der Waals surface area contributed by atoms with Gasteiger partial charge in [0.05, 0.1) is 11.0 Å². The lowest BCUT2D eigenvalue weighted by atomic mass is 9.94. The lowest BCUT2D eigenvalue weighted by Crippen LogP contribution is -2.37. The van der Waals surface area contributed by atoms with E-state index >= 15 is 0 Å². The molecule has 3 heterocycles. The fourth-order valence-electron chi connectivity index (χ4n) is 5.01. The highest BCUT2D eigenvalue weighted by molar-refractivity contribution is 5.86. The highest BCUT2D eigenvalue weighted by Gasteiger charge is 2.28. The predicted octanol–water partition coefficient (Wildman–Crippen LogP) is 4.54. The third-order valence-corrected chi connectivity index (χ3v) is 6.55. The predicted molar refractivity (Wildman–Crippen MR) is 116 cm³/mol. The standard InChI is InChI=1S/C24H30N4/c1-16-15-25-13-12-21(16)28-22-11-10-20-19(9-8-17(2)26-20)24(22)27-23(28)14-18-6-4-3-5-7-18/h3-7,10-11,16-17,21,25-26H,8-9,12-15H2,1-2H3/t16-,17-,21-/m0/s1. The highest BCUT2D eigenvalue weighted by Crippen LogP contribution is 2.36. The minimum absolute atomic E-state index is 0.512. The number of aryl methyl sites for hydroxylation is 1. The van der Waals surface area contributed by atoms with Crippen LogP contribution in [0.4, 0.5) is 5.69 Å². The molecular weight excluding hydrogens is 344 g/mol. The Bertz CT molecular complexity index is 975. The van der Waals surface area contributed by atoms with Crippen molar-refractivity contribution < 1.29 is 0 Å². The topological polar surface area (TPSA) is 41.9 Å². The van der Waals surface area contributed by atoms with E-state index in [2.05, 4.69) is 71.5 Å². The zero-order chi connectivity index (χ0) is 19.1. The number of nitrogens with zero attached hydrogens (tertiary/aromatic N) is 2. The SMILES string of the molecule is C[C@H]1CCc2c(ccc3c2nc(Cc2ccccc2)n3[C@H]2CCNC[C@@H]2C)N1. The molecule has 0 radical (unpaired) electrons. The van der Waals surface area contributed by atoms with E-state index in [1.54, 1.807) is 0 Å². The van der Waals surface area contributed by atoms with Crippen molar-refractivity contribution in [2.75, 3.05) is 18.4 Å². The molecule has 1 saturated heterocycles. The van der Waals surface area contributed by atoms with Crippen LogP contribution in [0, 0.1) is 5.92 Å². The van der Waals surface area contributed by atoms with Crippen molar-refractivity contribution in [2.24, 2.45) is 5.92 Å². The van der Waals surface area contributed by atoms with Crippen LogP contribution in [-0.2, 0) is 12.8 Å². The molecule has 4 nitrogen and oxygen atoms in total. The van der Waals surface area contributed by atoms with E-state index in [-0.39, 0.29) is 0 Å². The van der Waals surface area contributed by atoms with Gasteiger partial charge in [0.2, 0.25) is 0 Å². The number of anilines is 1. The fraction of sp³-hybridized carbons (Fsp3) is 0.458. The normalized spacial score (nSPS) is 24.7. The van der Waals surface area contributed by atoms with Crippen molar-refractivity contribution in [1.29, 1.82) is 0 Å². The van der Waals surface area contributed by atoms with Gasteiger partial charge in [-0.15, -0.1) is 0 Å². The Morgan fingerprint density at radius 3 is 2.75 bits per heavy atom. The second-order valence-corrected chi connectivity index (χ2v) is 8.64. The molecule has 3 aromatic rings. The molecule has 2 aliphatic heterocycles. The minimum atomic E-state index is 0.512. The number of imidazole rings is 1. The quantitative estimate of drug-likeness (QED) is 0.707. The molecule has 2 N–H and O–H groups in total. The summed E-state index contributed by atoms with van der Waals surface area (Å²) in [4.78, 5) is 5.26. The summed E-state index contributed by atoms with van der Waals surface area (Å²) in [6.45, 7) is 6.81. The highest BCUT2D eigenvalue weighted by atomic mass is 15.1. The van der Waals surface area contributed by atoms with Gasteiger partial charge in [-0.1, -0.05) is 37.3 Å². The van der Waals surface area contributed by atoms with Gasteiger partial charge in [0.25, 0.3) is 0 Å². The summed E-state index contributed by atoms with van der Waals surface area (Å²) in [7, 11) is 0. The fourth-order valence-corrected chi connectivity index (χ4v) is 5.01. The maximum atomic E-state index is 5.26. The maximum Gasteiger partial charge on any atom is 0.114 e. The Morgan fingerprint density at radius 2 is 1.93 bits per heavy atom. The van der Waals surface area contributed by atoms with E-state index in [1.165, 1.54) is 46.5 Å². The Hall–Kier alpha value is -2.33. The average Bonchev–Trinajstić information content (AvgIpc) is 3.07. The van der Waals surface area contributed by atoms with Crippen molar-refractivity contribution in [3.63, 3.8) is 0 Å². The second-order valence-electron chi connectivity index (χ2n) is 8.64. The van der Waals surface area contributed by atoms with Crippen molar-refractivity contribution >= 4 is 16.7 Å². The van der Waals surface area contributed by atoms with Crippen molar-refractivity contribution in [3.8, 4) is 0 Å². The molecule has 1 aromatic heterocycles. The molecule has 146 valence electrons. The molecule has 0 unspecified atom stereocenters. The van der Waals surface area contributed by atoms with Crippen LogP contribution in [0.5, 0.6) is 0 Å². The first-order valence-corrected chi connectivity index (χ1v) is 10.7. The van der Waals surface area contributed by atoms with E-state index in [0.717, 1.165) is 25.9 Å². The van der Waals surface area contributed by atoms with Gasteiger partial charge >= 0.3 is 0 Å². The molecule has 28 heavy (non-hydrogen) atoms. The summed E-state index contributed by atoms with van der Waals surface area (Å²) in [5.74, 6) is 1.82. The van der Waals surface area contributed by atoms with Crippen molar-refractivity contribution in [1.82, 2.24) is 14.9 Å².